The van der Waals surface area contributed by atoms with Gasteiger partial charge in [0, 0.05) is 25.7 Å². The molecule has 0 atom stereocenters. The quantitative estimate of drug-likeness (QED) is 0.269. The SMILES string of the molecule is CN=C(NCCc1ccc(S(N)(=O)=O)cc1)NCC1(N2CCCCC2)CCCCC1.I. The minimum Gasteiger partial charge on any atom is -0.356 e. The highest BCUT2D eigenvalue weighted by Crippen LogP contribution is 2.35. The molecule has 2 fully saturated rings. The Labute approximate surface area is 204 Å². The Morgan fingerprint density at radius 3 is 2.23 bits per heavy atom. The van der Waals surface area contributed by atoms with Gasteiger partial charge in [-0.1, -0.05) is 37.8 Å². The zero-order valence-electron chi connectivity index (χ0n) is 18.6. The number of nitrogens with zero attached hydrogens (tertiary/aromatic N) is 2. The van der Waals surface area contributed by atoms with E-state index in [1.54, 1.807) is 12.1 Å². The molecule has 0 bridgehead atoms. The van der Waals surface area contributed by atoms with Gasteiger partial charge in [0.25, 0.3) is 0 Å². The number of hydrogen-bond donors (Lipinski definition) is 3. The lowest BCUT2D eigenvalue weighted by Crippen LogP contribution is -2.59. The van der Waals surface area contributed by atoms with Crippen LogP contribution in [0, 0.1) is 0 Å². The van der Waals surface area contributed by atoms with Gasteiger partial charge in [0.05, 0.1) is 4.90 Å². The Balaban J connectivity index is 0.00000341. The lowest BCUT2D eigenvalue weighted by Gasteiger charge is -2.48. The molecule has 1 aromatic rings. The molecule has 2 aliphatic rings. The van der Waals surface area contributed by atoms with Gasteiger partial charge < -0.3 is 10.6 Å². The zero-order chi connectivity index (χ0) is 21.5. The number of guanidine groups is 1. The van der Waals surface area contributed by atoms with E-state index in [1.807, 2.05) is 19.2 Å². The van der Waals surface area contributed by atoms with Gasteiger partial charge in [-0.2, -0.15) is 0 Å². The van der Waals surface area contributed by atoms with E-state index in [4.69, 9.17) is 5.14 Å². The van der Waals surface area contributed by atoms with E-state index < -0.39 is 10.0 Å². The number of hydrogen-bond acceptors (Lipinski definition) is 4. The molecular weight excluding hydrogens is 525 g/mol. The van der Waals surface area contributed by atoms with Crippen LogP contribution in [0.3, 0.4) is 0 Å². The first kappa shape index (κ1) is 26.3. The van der Waals surface area contributed by atoms with Crippen LogP contribution in [0.2, 0.25) is 0 Å². The number of aliphatic imine (C=N–C) groups is 1. The number of benzene rings is 1. The summed E-state index contributed by atoms with van der Waals surface area (Å²) >= 11 is 0. The summed E-state index contributed by atoms with van der Waals surface area (Å²) in [6.45, 7) is 4.12. The fourth-order valence-electron chi connectivity index (χ4n) is 4.82. The molecule has 0 amide bonds. The first-order valence-electron chi connectivity index (χ1n) is 11.2. The first-order chi connectivity index (χ1) is 14.4. The third-order valence-corrected chi connectivity index (χ3v) is 7.51. The molecule has 1 heterocycles. The number of nitrogens with two attached hydrogens (primary N) is 1. The predicted octanol–water partition coefficient (Wildman–Crippen LogP) is 2.85. The summed E-state index contributed by atoms with van der Waals surface area (Å²) in [7, 11) is -1.83. The lowest BCUT2D eigenvalue weighted by atomic mass is 9.79. The minimum absolute atomic E-state index is 0. The van der Waals surface area contributed by atoms with Crippen LogP contribution in [0.25, 0.3) is 0 Å². The number of likely N-dealkylation sites (tertiary alicyclic amines) is 1. The van der Waals surface area contributed by atoms with Crippen LogP contribution in [-0.2, 0) is 16.4 Å². The van der Waals surface area contributed by atoms with Crippen molar-refractivity contribution in [3.63, 3.8) is 0 Å². The Morgan fingerprint density at radius 2 is 1.65 bits per heavy atom. The standard InChI is InChI=1S/C22H37N5O2S.HI/c1-24-21(25-15-12-19-8-10-20(11-9-19)30(23,28)29)26-18-22(13-4-2-5-14-22)27-16-6-3-7-17-27;/h8-11H,2-7,12-18H2,1H3,(H2,23,28,29)(H2,24,25,26);1H. The van der Waals surface area contributed by atoms with E-state index in [0.717, 1.165) is 31.0 Å². The van der Waals surface area contributed by atoms with Crippen LogP contribution >= 0.6 is 24.0 Å². The van der Waals surface area contributed by atoms with Crippen LogP contribution in [0.5, 0.6) is 0 Å². The summed E-state index contributed by atoms with van der Waals surface area (Å²) in [6.07, 6.45) is 11.3. The molecule has 1 aromatic carbocycles. The topological polar surface area (TPSA) is 99.8 Å². The summed E-state index contributed by atoms with van der Waals surface area (Å²) in [6, 6.07) is 6.74. The van der Waals surface area contributed by atoms with E-state index in [9.17, 15) is 8.42 Å². The molecule has 1 saturated carbocycles. The maximum absolute atomic E-state index is 11.4. The van der Waals surface area contributed by atoms with Gasteiger partial charge in [-0.15, -0.1) is 24.0 Å². The summed E-state index contributed by atoms with van der Waals surface area (Å²) < 4.78 is 22.7. The fraction of sp³-hybridized carbons (Fsp3) is 0.682. The van der Waals surface area contributed by atoms with Crippen molar-refractivity contribution >= 4 is 40.0 Å². The summed E-state index contributed by atoms with van der Waals surface area (Å²) in [5, 5.41) is 12.2. The largest absolute Gasteiger partial charge is 0.356 e. The molecule has 31 heavy (non-hydrogen) atoms. The average Bonchev–Trinajstić information content (AvgIpc) is 2.77. The number of nitrogens with one attached hydrogen (secondary N) is 2. The lowest BCUT2D eigenvalue weighted by molar-refractivity contribution is 0.0368. The van der Waals surface area contributed by atoms with Gasteiger partial charge in [0.2, 0.25) is 10.0 Å². The summed E-state index contributed by atoms with van der Waals surface area (Å²) in [5.74, 6) is 0.832. The van der Waals surface area contributed by atoms with Gasteiger partial charge in [0.15, 0.2) is 5.96 Å². The summed E-state index contributed by atoms with van der Waals surface area (Å²) in [5.41, 5.74) is 1.32. The third-order valence-electron chi connectivity index (χ3n) is 6.58. The van der Waals surface area contributed by atoms with Crippen molar-refractivity contribution in [2.45, 2.75) is 68.2 Å². The normalized spacial score (nSPS) is 20.0. The van der Waals surface area contributed by atoms with Crippen LogP contribution in [0.4, 0.5) is 0 Å². The second kappa shape index (κ2) is 12.4. The van der Waals surface area contributed by atoms with Gasteiger partial charge in [-0.3, -0.25) is 9.89 Å². The average molecular weight is 564 g/mol. The van der Waals surface area contributed by atoms with E-state index in [1.165, 1.54) is 64.5 Å². The Kier molecular flexibility index (Phi) is 10.5. The molecule has 1 aliphatic heterocycles. The molecule has 1 saturated heterocycles. The van der Waals surface area contributed by atoms with E-state index in [2.05, 4.69) is 20.5 Å². The maximum atomic E-state index is 11.4. The van der Waals surface area contributed by atoms with Crippen LogP contribution in [0.1, 0.15) is 56.9 Å². The van der Waals surface area contributed by atoms with E-state index >= 15 is 0 Å². The molecule has 9 heteroatoms. The van der Waals surface area contributed by atoms with Gasteiger partial charge in [-0.25, -0.2) is 13.6 Å². The third kappa shape index (κ3) is 7.57. The van der Waals surface area contributed by atoms with E-state index in [0.29, 0.717) is 0 Å². The molecule has 0 unspecified atom stereocenters. The summed E-state index contributed by atoms with van der Waals surface area (Å²) in [4.78, 5) is 7.29. The van der Waals surface area contributed by atoms with Crippen molar-refractivity contribution in [3.05, 3.63) is 29.8 Å². The van der Waals surface area contributed by atoms with E-state index in [-0.39, 0.29) is 34.4 Å². The molecule has 176 valence electrons. The van der Waals surface area contributed by atoms with Gasteiger partial charge in [0.1, 0.15) is 0 Å². The first-order valence-corrected chi connectivity index (χ1v) is 12.8. The molecule has 0 spiro atoms. The molecule has 4 N–H and O–H groups in total. The van der Waals surface area contributed by atoms with Crippen molar-refractivity contribution < 1.29 is 8.42 Å². The zero-order valence-corrected chi connectivity index (χ0v) is 21.8. The smallest absolute Gasteiger partial charge is 0.238 e. The molecular formula is C22H38IN5O2S. The van der Waals surface area contributed by atoms with Crippen molar-refractivity contribution in [2.24, 2.45) is 10.1 Å². The van der Waals surface area contributed by atoms with Crippen molar-refractivity contribution in [2.75, 3.05) is 33.2 Å². The Bertz CT molecular complexity index is 802. The van der Waals surface area contributed by atoms with Crippen LogP contribution < -0.4 is 15.8 Å². The molecule has 0 radical (unpaired) electrons. The Morgan fingerprint density at radius 1 is 1.03 bits per heavy atom. The molecule has 7 nitrogen and oxygen atoms in total. The number of rotatable bonds is 7. The Hall–Kier alpha value is -0.910. The highest BCUT2D eigenvalue weighted by Gasteiger charge is 2.38. The number of halogens is 1. The van der Waals surface area contributed by atoms with Crippen molar-refractivity contribution in [3.8, 4) is 0 Å². The highest BCUT2D eigenvalue weighted by molar-refractivity contribution is 14.0. The molecule has 0 aromatic heterocycles. The minimum atomic E-state index is -3.64. The van der Waals surface area contributed by atoms with Gasteiger partial charge >= 0.3 is 0 Å². The monoisotopic (exact) mass is 563 g/mol. The van der Waals surface area contributed by atoms with Crippen LogP contribution in [0.15, 0.2) is 34.2 Å². The fourth-order valence-corrected chi connectivity index (χ4v) is 5.34. The molecule has 3 rings (SSSR count). The highest BCUT2D eigenvalue weighted by atomic mass is 127. The predicted molar refractivity (Wildman–Crippen MR) is 138 cm³/mol. The van der Waals surface area contributed by atoms with Crippen molar-refractivity contribution in [1.82, 2.24) is 15.5 Å². The van der Waals surface area contributed by atoms with Crippen LogP contribution in [-0.4, -0.2) is 58.0 Å². The maximum Gasteiger partial charge on any atom is 0.238 e. The molecule has 1 aliphatic carbocycles. The number of sulfonamides is 1. The van der Waals surface area contributed by atoms with Gasteiger partial charge in [-0.05, 0) is 62.9 Å². The number of primary sulfonamides is 1. The number of piperidine rings is 1. The second-order valence-electron chi connectivity index (χ2n) is 8.62. The van der Waals surface area contributed by atoms with Crippen molar-refractivity contribution in [1.29, 1.82) is 0 Å². The second-order valence-corrected chi connectivity index (χ2v) is 10.2.